The molecule has 2 heterocycles. The molecule has 0 fully saturated rings. The summed E-state index contributed by atoms with van der Waals surface area (Å²) in [6.07, 6.45) is 4.75. The van der Waals surface area contributed by atoms with Gasteiger partial charge in [0.15, 0.2) is 5.82 Å². The van der Waals surface area contributed by atoms with Crippen LogP contribution in [0.2, 0.25) is 0 Å². The smallest absolute Gasteiger partial charge is 0.154 e. The van der Waals surface area contributed by atoms with Crippen molar-refractivity contribution in [2.75, 3.05) is 5.32 Å². The Balaban J connectivity index is 2.35. The lowest BCUT2D eigenvalue weighted by molar-refractivity contribution is 0.510. The number of nitrogens with zero attached hydrogens (tertiary/aromatic N) is 3. The van der Waals surface area contributed by atoms with Crippen LogP contribution in [0.5, 0.6) is 0 Å². The SMILES string of the molecule is CCC(Nc1nccc2c1ncn2C)C(C)C. The second-order valence-electron chi connectivity index (χ2n) is 4.79. The average molecular weight is 232 g/mol. The molecule has 2 aromatic heterocycles. The number of aromatic nitrogens is 3. The lowest BCUT2D eigenvalue weighted by Gasteiger charge is -2.21. The standard InChI is InChI=1S/C13H20N4/c1-5-10(9(2)3)16-13-12-11(6-7-14-13)17(4)8-15-12/h6-10H,5H2,1-4H3,(H,14,16). The Morgan fingerprint density at radius 3 is 2.76 bits per heavy atom. The number of anilines is 1. The highest BCUT2D eigenvalue weighted by Crippen LogP contribution is 2.21. The molecule has 1 atom stereocenters. The van der Waals surface area contributed by atoms with Gasteiger partial charge in [0.05, 0.1) is 11.8 Å². The Kier molecular flexibility index (Phi) is 3.31. The number of aryl methyl sites for hydroxylation is 1. The second-order valence-corrected chi connectivity index (χ2v) is 4.79. The monoisotopic (exact) mass is 232 g/mol. The number of imidazole rings is 1. The maximum atomic E-state index is 4.40. The van der Waals surface area contributed by atoms with Gasteiger partial charge in [-0.15, -0.1) is 0 Å². The van der Waals surface area contributed by atoms with Crippen LogP contribution in [-0.4, -0.2) is 20.6 Å². The van der Waals surface area contributed by atoms with Crippen molar-refractivity contribution in [2.45, 2.75) is 33.2 Å². The molecule has 0 amide bonds. The fraction of sp³-hybridized carbons (Fsp3) is 0.538. The first-order chi connectivity index (χ1) is 8.13. The zero-order valence-corrected chi connectivity index (χ0v) is 10.9. The number of nitrogens with one attached hydrogen (secondary N) is 1. The fourth-order valence-corrected chi connectivity index (χ4v) is 2.08. The zero-order valence-electron chi connectivity index (χ0n) is 10.9. The summed E-state index contributed by atoms with van der Waals surface area (Å²) in [4.78, 5) is 8.81. The van der Waals surface area contributed by atoms with Crippen LogP contribution in [0.3, 0.4) is 0 Å². The molecular weight excluding hydrogens is 212 g/mol. The predicted octanol–water partition coefficient (Wildman–Crippen LogP) is 2.81. The average Bonchev–Trinajstić information content (AvgIpc) is 2.69. The normalized spacial score (nSPS) is 13.2. The molecule has 0 saturated heterocycles. The third-order valence-corrected chi connectivity index (χ3v) is 3.21. The molecule has 1 N–H and O–H groups in total. The van der Waals surface area contributed by atoms with Crippen LogP contribution >= 0.6 is 0 Å². The van der Waals surface area contributed by atoms with Crippen LogP contribution in [0, 0.1) is 5.92 Å². The summed E-state index contributed by atoms with van der Waals surface area (Å²) in [6, 6.07) is 2.43. The van der Waals surface area contributed by atoms with Gasteiger partial charge in [-0.1, -0.05) is 20.8 Å². The number of rotatable bonds is 4. The largest absolute Gasteiger partial charge is 0.365 e. The van der Waals surface area contributed by atoms with E-state index in [0.29, 0.717) is 12.0 Å². The van der Waals surface area contributed by atoms with E-state index in [4.69, 9.17) is 0 Å². The molecule has 4 heteroatoms. The Morgan fingerprint density at radius 2 is 2.12 bits per heavy atom. The third-order valence-electron chi connectivity index (χ3n) is 3.21. The highest BCUT2D eigenvalue weighted by molar-refractivity contribution is 5.85. The molecule has 0 aliphatic rings. The lowest BCUT2D eigenvalue weighted by Crippen LogP contribution is -2.25. The van der Waals surface area contributed by atoms with Crippen molar-refractivity contribution in [3.8, 4) is 0 Å². The number of pyridine rings is 1. The van der Waals surface area contributed by atoms with Crippen LogP contribution in [0.1, 0.15) is 27.2 Å². The van der Waals surface area contributed by atoms with E-state index < -0.39 is 0 Å². The molecule has 4 nitrogen and oxygen atoms in total. The van der Waals surface area contributed by atoms with E-state index in [2.05, 4.69) is 36.1 Å². The molecule has 0 aliphatic heterocycles. The fourth-order valence-electron chi connectivity index (χ4n) is 2.08. The van der Waals surface area contributed by atoms with Crippen LogP contribution in [-0.2, 0) is 7.05 Å². The van der Waals surface area contributed by atoms with Crippen molar-refractivity contribution in [3.05, 3.63) is 18.6 Å². The maximum Gasteiger partial charge on any atom is 0.154 e. The Hall–Kier alpha value is -1.58. The van der Waals surface area contributed by atoms with Gasteiger partial charge in [-0.25, -0.2) is 9.97 Å². The molecule has 0 radical (unpaired) electrons. The third kappa shape index (κ3) is 2.25. The number of hydrogen-bond acceptors (Lipinski definition) is 3. The zero-order chi connectivity index (χ0) is 12.4. The summed E-state index contributed by atoms with van der Waals surface area (Å²) in [5.41, 5.74) is 2.07. The first-order valence-electron chi connectivity index (χ1n) is 6.16. The van der Waals surface area contributed by atoms with E-state index in [1.54, 1.807) is 0 Å². The second kappa shape index (κ2) is 4.73. The minimum Gasteiger partial charge on any atom is -0.365 e. The number of fused-ring (bicyclic) bond motifs is 1. The van der Waals surface area contributed by atoms with Crippen molar-refractivity contribution in [1.29, 1.82) is 0 Å². The summed E-state index contributed by atoms with van der Waals surface area (Å²) in [5, 5.41) is 3.50. The van der Waals surface area contributed by atoms with Crippen LogP contribution in [0.25, 0.3) is 11.0 Å². The van der Waals surface area contributed by atoms with Gasteiger partial charge in [0.2, 0.25) is 0 Å². The molecule has 92 valence electrons. The van der Waals surface area contributed by atoms with Crippen molar-refractivity contribution in [2.24, 2.45) is 13.0 Å². The first-order valence-corrected chi connectivity index (χ1v) is 6.16. The van der Waals surface area contributed by atoms with Crippen LogP contribution in [0.15, 0.2) is 18.6 Å². The number of hydrogen-bond donors (Lipinski definition) is 1. The molecule has 2 aromatic rings. The quantitative estimate of drug-likeness (QED) is 0.881. The minimum atomic E-state index is 0.440. The van der Waals surface area contributed by atoms with Gasteiger partial charge < -0.3 is 9.88 Å². The molecular formula is C13H20N4. The molecule has 17 heavy (non-hydrogen) atoms. The van der Waals surface area contributed by atoms with Crippen LogP contribution in [0.4, 0.5) is 5.82 Å². The summed E-state index contributed by atoms with van der Waals surface area (Å²) >= 11 is 0. The Bertz CT molecular complexity index is 501. The van der Waals surface area contributed by atoms with Gasteiger partial charge >= 0.3 is 0 Å². The van der Waals surface area contributed by atoms with Gasteiger partial charge in [0.25, 0.3) is 0 Å². The topological polar surface area (TPSA) is 42.7 Å². The van der Waals surface area contributed by atoms with E-state index in [0.717, 1.165) is 23.3 Å². The Morgan fingerprint density at radius 1 is 1.35 bits per heavy atom. The van der Waals surface area contributed by atoms with E-state index in [-0.39, 0.29) is 0 Å². The van der Waals surface area contributed by atoms with Crippen molar-refractivity contribution in [3.63, 3.8) is 0 Å². The summed E-state index contributed by atoms with van der Waals surface area (Å²) in [7, 11) is 2.00. The Labute approximate surface area is 102 Å². The molecule has 0 saturated carbocycles. The van der Waals surface area contributed by atoms with Gasteiger partial charge in [-0.2, -0.15) is 0 Å². The van der Waals surface area contributed by atoms with Gasteiger partial charge in [0, 0.05) is 19.3 Å². The van der Waals surface area contributed by atoms with E-state index in [9.17, 15) is 0 Å². The van der Waals surface area contributed by atoms with Crippen molar-refractivity contribution in [1.82, 2.24) is 14.5 Å². The predicted molar refractivity (Wildman–Crippen MR) is 71.0 cm³/mol. The summed E-state index contributed by atoms with van der Waals surface area (Å²) in [5.74, 6) is 1.48. The highest BCUT2D eigenvalue weighted by atomic mass is 15.1. The van der Waals surface area contributed by atoms with E-state index >= 15 is 0 Å². The van der Waals surface area contributed by atoms with E-state index in [1.165, 1.54) is 0 Å². The van der Waals surface area contributed by atoms with Crippen LogP contribution < -0.4 is 5.32 Å². The molecule has 1 unspecified atom stereocenters. The van der Waals surface area contributed by atoms with Crippen molar-refractivity contribution < 1.29 is 0 Å². The van der Waals surface area contributed by atoms with Gasteiger partial charge in [-0.05, 0) is 18.4 Å². The first kappa shape index (κ1) is 11.9. The van der Waals surface area contributed by atoms with Gasteiger partial charge in [0.1, 0.15) is 5.52 Å². The minimum absolute atomic E-state index is 0.440. The lowest BCUT2D eigenvalue weighted by atomic mass is 10.0. The van der Waals surface area contributed by atoms with Crippen molar-refractivity contribution >= 4 is 16.9 Å². The molecule has 0 aromatic carbocycles. The summed E-state index contributed by atoms with van der Waals surface area (Å²) < 4.78 is 2.01. The highest BCUT2D eigenvalue weighted by Gasteiger charge is 2.14. The molecule has 2 rings (SSSR count). The van der Waals surface area contributed by atoms with Gasteiger partial charge in [-0.3, -0.25) is 0 Å². The molecule has 0 aliphatic carbocycles. The van der Waals surface area contributed by atoms with E-state index in [1.807, 2.05) is 30.2 Å². The maximum absolute atomic E-state index is 4.40. The molecule has 0 spiro atoms. The molecule has 0 bridgehead atoms. The summed E-state index contributed by atoms with van der Waals surface area (Å²) in [6.45, 7) is 6.63.